The van der Waals surface area contributed by atoms with Crippen LogP contribution in [0, 0.1) is 10.1 Å². The summed E-state index contributed by atoms with van der Waals surface area (Å²) in [4.78, 5) is 9.81. The number of rotatable bonds is 8. The van der Waals surface area contributed by atoms with E-state index < -0.39 is 26.7 Å². The van der Waals surface area contributed by atoms with Gasteiger partial charge in [-0.3, -0.25) is 10.1 Å². The van der Waals surface area contributed by atoms with Crippen molar-refractivity contribution in [3.05, 3.63) is 47.0 Å². The Hall–Kier alpha value is -1.77. The summed E-state index contributed by atoms with van der Waals surface area (Å²) in [7, 11) is -3.93. The number of benzene rings is 1. The van der Waals surface area contributed by atoms with Crippen molar-refractivity contribution in [3.8, 4) is 0 Å². The lowest BCUT2D eigenvalue weighted by Gasteiger charge is -2.14. The molecule has 0 spiro atoms. The molecule has 0 saturated carbocycles. The largest absolute Gasteiger partial charge is 0.312 e. The lowest BCUT2D eigenvalue weighted by Crippen LogP contribution is -2.40. The summed E-state index contributed by atoms with van der Waals surface area (Å²) in [6, 6.07) is 4.84. The Morgan fingerprint density at radius 1 is 1.45 bits per heavy atom. The van der Waals surface area contributed by atoms with Gasteiger partial charge in [0.2, 0.25) is 10.0 Å². The molecule has 110 valence electrons. The van der Waals surface area contributed by atoms with Gasteiger partial charge in [0.15, 0.2) is 4.90 Å². The van der Waals surface area contributed by atoms with E-state index >= 15 is 0 Å². The molecule has 0 aliphatic rings. The van der Waals surface area contributed by atoms with Gasteiger partial charge in [0, 0.05) is 25.2 Å². The molecule has 0 saturated heterocycles. The molecule has 1 atom stereocenters. The minimum atomic E-state index is -3.93. The Morgan fingerprint density at radius 3 is 2.70 bits per heavy atom. The van der Waals surface area contributed by atoms with E-state index in [1.807, 2.05) is 0 Å². The number of nitrogens with one attached hydrogen (secondary N) is 2. The topological polar surface area (TPSA) is 101 Å². The third-order valence-electron chi connectivity index (χ3n) is 2.45. The Balaban J connectivity index is 2.89. The smallest absolute Gasteiger partial charge is 0.289 e. The molecule has 8 heteroatoms. The highest BCUT2D eigenvalue weighted by molar-refractivity contribution is 7.89. The molecule has 1 rings (SSSR count). The molecule has 0 amide bonds. The van der Waals surface area contributed by atoms with E-state index in [4.69, 9.17) is 0 Å². The zero-order valence-electron chi connectivity index (χ0n) is 11.1. The van der Waals surface area contributed by atoms with Gasteiger partial charge in [-0.25, -0.2) is 13.1 Å². The van der Waals surface area contributed by atoms with Crippen LogP contribution in [0.3, 0.4) is 0 Å². The van der Waals surface area contributed by atoms with Crippen LogP contribution < -0.4 is 10.0 Å². The van der Waals surface area contributed by atoms with Crippen LogP contribution in [0.4, 0.5) is 5.69 Å². The summed E-state index contributed by atoms with van der Waals surface area (Å²) in [5.41, 5.74) is -0.439. The van der Waals surface area contributed by atoms with Crippen LogP contribution in [0.15, 0.2) is 41.8 Å². The van der Waals surface area contributed by atoms with Gasteiger partial charge in [-0.2, -0.15) is 0 Å². The standard InChI is InChI=1S/C12H17N3O4S/c1-3-8-13-9-10(2)14-20(18,19)12-7-5-4-6-11(12)15(16)17/h3-7,10,13-14H,1,8-9H2,2H3/t10-/m1/s1. The maximum Gasteiger partial charge on any atom is 0.289 e. The number of para-hydroxylation sites is 1. The fourth-order valence-corrected chi connectivity index (χ4v) is 3.02. The van der Waals surface area contributed by atoms with Gasteiger partial charge in [0.25, 0.3) is 5.69 Å². The van der Waals surface area contributed by atoms with E-state index in [0.29, 0.717) is 13.1 Å². The fourth-order valence-electron chi connectivity index (χ4n) is 1.61. The molecule has 0 aliphatic heterocycles. The number of hydrogen-bond donors (Lipinski definition) is 2. The van der Waals surface area contributed by atoms with Crippen molar-refractivity contribution >= 4 is 15.7 Å². The second-order valence-electron chi connectivity index (χ2n) is 4.19. The van der Waals surface area contributed by atoms with Crippen molar-refractivity contribution < 1.29 is 13.3 Å². The SMILES string of the molecule is C=CCNC[C@@H](C)NS(=O)(=O)c1ccccc1[N+](=O)[O-]. The second-order valence-corrected chi connectivity index (χ2v) is 5.88. The molecule has 0 radical (unpaired) electrons. The predicted octanol–water partition coefficient (Wildman–Crippen LogP) is 1.04. The van der Waals surface area contributed by atoms with Crippen LogP contribution in [-0.4, -0.2) is 32.5 Å². The molecule has 1 aromatic carbocycles. The maximum atomic E-state index is 12.1. The Labute approximate surface area is 117 Å². The van der Waals surface area contributed by atoms with Gasteiger partial charge in [-0.05, 0) is 13.0 Å². The van der Waals surface area contributed by atoms with E-state index in [1.165, 1.54) is 18.2 Å². The summed E-state index contributed by atoms with van der Waals surface area (Å²) in [6.07, 6.45) is 1.66. The molecule has 0 unspecified atom stereocenters. The van der Waals surface area contributed by atoms with Gasteiger partial charge in [-0.1, -0.05) is 18.2 Å². The number of hydrogen-bond acceptors (Lipinski definition) is 5. The van der Waals surface area contributed by atoms with Crippen molar-refractivity contribution in [2.24, 2.45) is 0 Å². The molecule has 0 bridgehead atoms. The van der Waals surface area contributed by atoms with Crippen molar-refractivity contribution in [2.45, 2.75) is 17.9 Å². The van der Waals surface area contributed by atoms with Gasteiger partial charge < -0.3 is 5.32 Å². The van der Waals surface area contributed by atoms with Crippen LogP contribution in [0.25, 0.3) is 0 Å². The van der Waals surface area contributed by atoms with Gasteiger partial charge in [-0.15, -0.1) is 6.58 Å². The van der Waals surface area contributed by atoms with Crippen LogP contribution in [0.2, 0.25) is 0 Å². The zero-order valence-corrected chi connectivity index (χ0v) is 11.9. The quantitative estimate of drug-likeness (QED) is 0.323. The average Bonchev–Trinajstić information content (AvgIpc) is 2.38. The normalized spacial score (nSPS) is 12.8. The minimum Gasteiger partial charge on any atom is -0.312 e. The second kappa shape index (κ2) is 7.13. The van der Waals surface area contributed by atoms with Crippen molar-refractivity contribution in [2.75, 3.05) is 13.1 Å². The predicted molar refractivity (Wildman–Crippen MR) is 75.9 cm³/mol. The molecule has 0 aromatic heterocycles. The highest BCUT2D eigenvalue weighted by atomic mass is 32.2. The molecule has 1 aromatic rings. The van der Waals surface area contributed by atoms with Crippen LogP contribution in [-0.2, 0) is 10.0 Å². The summed E-state index contributed by atoms with van der Waals surface area (Å²) < 4.78 is 26.7. The molecule has 0 fully saturated rings. The summed E-state index contributed by atoms with van der Waals surface area (Å²) in [5.74, 6) is 0. The Bertz CT molecular complexity index is 586. The molecule has 7 nitrogen and oxygen atoms in total. The Morgan fingerprint density at radius 2 is 2.10 bits per heavy atom. The fraction of sp³-hybridized carbons (Fsp3) is 0.333. The monoisotopic (exact) mass is 299 g/mol. The Kier molecular flexibility index (Phi) is 5.81. The highest BCUT2D eigenvalue weighted by Crippen LogP contribution is 2.22. The van der Waals surface area contributed by atoms with Crippen molar-refractivity contribution in [3.63, 3.8) is 0 Å². The first-order chi connectivity index (χ1) is 9.38. The highest BCUT2D eigenvalue weighted by Gasteiger charge is 2.26. The van der Waals surface area contributed by atoms with E-state index in [9.17, 15) is 18.5 Å². The first-order valence-electron chi connectivity index (χ1n) is 5.96. The number of nitro benzene ring substituents is 1. The van der Waals surface area contributed by atoms with Crippen LogP contribution >= 0.6 is 0 Å². The van der Waals surface area contributed by atoms with Crippen molar-refractivity contribution in [1.29, 1.82) is 0 Å². The van der Waals surface area contributed by atoms with E-state index in [0.717, 1.165) is 6.07 Å². The summed E-state index contributed by atoms with van der Waals surface area (Å²) >= 11 is 0. The number of sulfonamides is 1. The first kappa shape index (κ1) is 16.3. The van der Waals surface area contributed by atoms with E-state index in [2.05, 4.69) is 16.6 Å². The van der Waals surface area contributed by atoms with E-state index in [-0.39, 0.29) is 4.90 Å². The summed E-state index contributed by atoms with van der Waals surface area (Å²) in [5, 5.41) is 13.8. The number of nitrogens with zero attached hydrogens (tertiary/aromatic N) is 1. The molecular formula is C12H17N3O4S. The maximum absolute atomic E-state index is 12.1. The molecular weight excluding hydrogens is 282 g/mol. The third kappa shape index (κ3) is 4.41. The van der Waals surface area contributed by atoms with Gasteiger partial charge in [0.05, 0.1) is 4.92 Å². The van der Waals surface area contributed by atoms with Gasteiger partial charge >= 0.3 is 0 Å². The zero-order chi connectivity index (χ0) is 15.2. The number of nitro groups is 1. The molecule has 0 heterocycles. The lowest BCUT2D eigenvalue weighted by atomic mass is 10.3. The van der Waals surface area contributed by atoms with Crippen molar-refractivity contribution in [1.82, 2.24) is 10.0 Å². The minimum absolute atomic E-state index is 0.333. The molecule has 0 aliphatic carbocycles. The molecule has 20 heavy (non-hydrogen) atoms. The summed E-state index contributed by atoms with van der Waals surface area (Å²) in [6.45, 7) is 6.15. The average molecular weight is 299 g/mol. The van der Waals surface area contributed by atoms with Gasteiger partial charge in [0.1, 0.15) is 0 Å². The lowest BCUT2D eigenvalue weighted by molar-refractivity contribution is -0.387. The third-order valence-corrected chi connectivity index (χ3v) is 4.08. The molecule has 2 N–H and O–H groups in total. The van der Waals surface area contributed by atoms with E-state index in [1.54, 1.807) is 13.0 Å². The first-order valence-corrected chi connectivity index (χ1v) is 7.44. The van der Waals surface area contributed by atoms with Crippen LogP contribution in [0.5, 0.6) is 0 Å². The van der Waals surface area contributed by atoms with Crippen LogP contribution in [0.1, 0.15) is 6.92 Å².